The first kappa shape index (κ1) is 15.1. The number of carboxylic acids is 1. The van der Waals surface area contributed by atoms with Gasteiger partial charge in [0.15, 0.2) is 0 Å². The van der Waals surface area contributed by atoms with Crippen molar-refractivity contribution in [1.82, 2.24) is 0 Å². The first-order valence-electron chi connectivity index (χ1n) is 6.09. The summed E-state index contributed by atoms with van der Waals surface area (Å²) in [5, 5.41) is 8.66. The molecule has 3 nitrogen and oxygen atoms in total. The van der Waals surface area contributed by atoms with E-state index in [0.717, 1.165) is 29.4 Å². The molecule has 0 saturated heterocycles. The van der Waals surface area contributed by atoms with Crippen LogP contribution >= 0.6 is 11.8 Å². The summed E-state index contributed by atoms with van der Waals surface area (Å²) in [6.45, 7) is 5.82. The summed E-state index contributed by atoms with van der Waals surface area (Å²) < 4.78 is 5.49. The van der Waals surface area contributed by atoms with Gasteiger partial charge in [0.1, 0.15) is 0 Å². The molecule has 1 aromatic rings. The maximum atomic E-state index is 10.5. The molecule has 0 unspecified atom stereocenters. The number of carboxylic acid groups (broad SMARTS) is 1. The third-order valence-electron chi connectivity index (χ3n) is 2.23. The fraction of sp³-hybridized carbons (Fsp3) is 0.500. The zero-order valence-corrected chi connectivity index (χ0v) is 11.7. The molecule has 0 saturated carbocycles. The molecule has 100 valence electrons. The molecule has 0 spiro atoms. The molecule has 4 heteroatoms. The highest BCUT2D eigenvalue weighted by Crippen LogP contribution is 2.18. The van der Waals surface area contributed by atoms with E-state index in [9.17, 15) is 4.79 Å². The maximum absolute atomic E-state index is 10.5. The fourth-order valence-corrected chi connectivity index (χ4v) is 2.18. The Kier molecular flexibility index (Phi) is 6.83. The van der Waals surface area contributed by atoms with Gasteiger partial charge in [-0.3, -0.25) is 4.79 Å². The zero-order valence-electron chi connectivity index (χ0n) is 10.9. The Morgan fingerprint density at radius 2 is 2.00 bits per heavy atom. The van der Waals surface area contributed by atoms with Gasteiger partial charge in [0.25, 0.3) is 0 Å². The molecule has 1 rings (SSSR count). The molecule has 0 heterocycles. The molecular formula is C14H20O3S. The summed E-state index contributed by atoms with van der Waals surface area (Å²) in [4.78, 5) is 11.7. The van der Waals surface area contributed by atoms with Gasteiger partial charge in [-0.15, -0.1) is 11.8 Å². The molecule has 1 N–H and O–H groups in total. The number of hydrogen-bond donors (Lipinski definition) is 1. The highest BCUT2D eigenvalue weighted by Gasteiger charge is 2.01. The van der Waals surface area contributed by atoms with E-state index >= 15 is 0 Å². The van der Waals surface area contributed by atoms with Gasteiger partial charge < -0.3 is 9.84 Å². The molecule has 0 aromatic heterocycles. The van der Waals surface area contributed by atoms with Crippen LogP contribution in [0, 0.1) is 5.92 Å². The van der Waals surface area contributed by atoms with Crippen LogP contribution in [-0.4, -0.2) is 30.0 Å². The Morgan fingerprint density at radius 3 is 2.56 bits per heavy atom. The minimum absolute atomic E-state index is 0.0858. The average molecular weight is 268 g/mol. The fourth-order valence-electron chi connectivity index (χ4n) is 1.42. The number of thioether (sulfide) groups is 1. The van der Waals surface area contributed by atoms with Crippen molar-refractivity contribution in [2.75, 3.05) is 19.0 Å². The van der Waals surface area contributed by atoms with Crippen LogP contribution in [-0.2, 0) is 16.0 Å². The van der Waals surface area contributed by atoms with E-state index in [1.54, 1.807) is 11.8 Å². The van der Waals surface area contributed by atoms with Gasteiger partial charge in [-0.1, -0.05) is 26.0 Å². The molecule has 0 aliphatic rings. The Labute approximate surface area is 113 Å². The topological polar surface area (TPSA) is 46.5 Å². The summed E-state index contributed by atoms with van der Waals surface area (Å²) in [6, 6.07) is 7.66. The van der Waals surface area contributed by atoms with Crippen LogP contribution in [0.2, 0.25) is 0 Å². The lowest BCUT2D eigenvalue weighted by Gasteiger charge is -2.06. The Hall–Kier alpha value is -1.00. The number of hydrogen-bond acceptors (Lipinski definition) is 3. The minimum atomic E-state index is -0.794. The van der Waals surface area contributed by atoms with Crippen LogP contribution in [0.5, 0.6) is 0 Å². The van der Waals surface area contributed by atoms with Crippen molar-refractivity contribution in [2.45, 2.75) is 25.2 Å². The quantitative estimate of drug-likeness (QED) is 0.581. The first-order chi connectivity index (χ1) is 8.58. The van der Waals surface area contributed by atoms with Gasteiger partial charge in [0, 0.05) is 17.3 Å². The monoisotopic (exact) mass is 268 g/mol. The second kappa shape index (κ2) is 8.16. The van der Waals surface area contributed by atoms with Crippen molar-refractivity contribution in [3.05, 3.63) is 29.8 Å². The molecule has 1 aromatic carbocycles. The van der Waals surface area contributed by atoms with E-state index < -0.39 is 5.97 Å². The number of rotatable bonds is 8. The summed E-state index contributed by atoms with van der Waals surface area (Å²) in [5.41, 5.74) is 0.836. The second-order valence-corrected chi connectivity index (χ2v) is 5.70. The number of carbonyl (C=O) groups is 1. The van der Waals surface area contributed by atoms with Crippen molar-refractivity contribution < 1.29 is 14.6 Å². The van der Waals surface area contributed by atoms with Crippen LogP contribution in [0.3, 0.4) is 0 Å². The highest BCUT2D eigenvalue weighted by atomic mass is 32.2. The van der Waals surface area contributed by atoms with Gasteiger partial charge in [-0.05, 0) is 23.6 Å². The molecule has 0 bridgehead atoms. The molecule has 0 aliphatic carbocycles. The average Bonchev–Trinajstić information content (AvgIpc) is 2.30. The standard InChI is InChI=1S/C14H20O3S/c1-11(2)10-17-7-8-18-13-5-3-12(4-6-13)9-14(15)16/h3-6,11H,7-10H2,1-2H3,(H,15,16). The first-order valence-corrected chi connectivity index (χ1v) is 7.07. The van der Waals surface area contributed by atoms with Gasteiger partial charge in [0.2, 0.25) is 0 Å². The van der Waals surface area contributed by atoms with Crippen LogP contribution in [0.1, 0.15) is 19.4 Å². The predicted molar refractivity (Wildman–Crippen MR) is 74.2 cm³/mol. The normalized spacial score (nSPS) is 10.8. The van der Waals surface area contributed by atoms with Crippen molar-refractivity contribution in [3.63, 3.8) is 0 Å². The van der Waals surface area contributed by atoms with Crippen molar-refractivity contribution in [2.24, 2.45) is 5.92 Å². The van der Waals surface area contributed by atoms with Gasteiger partial charge in [0.05, 0.1) is 13.0 Å². The second-order valence-electron chi connectivity index (χ2n) is 4.53. The van der Waals surface area contributed by atoms with Gasteiger partial charge in [-0.2, -0.15) is 0 Å². The van der Waals surface area contributed by atoms with E-state index in [4.69, 9.17) is 9.84 Å². The van der Waals surface area contributed by atoms with Crippen molar-refractivity contribution in [3.8, 4) is 0 Å². The third-order valence-corrected chi connectivity index (χ3v) is 3.20. The number of aliphatic carboxylic acids is 1. The van der Waals surface area contributed by atoms with Gasteiger partial charge in [-0.25, -0.2) is 0 Å². The molecule has 0 fully saturated rings. The van der Waals surface area contributed by atoms with Crippen molar-refractivity contribution in [1.29, 1.82) is 0 Å². The smallest absolute Gasteiger partial charge is 0.307 e. The van der Waals surface area contributed by atoms with E-state index in [0.29, 0.717) is 5.92 Å². The number of ether oxygens (including phenoxy) is 1. The van der Waals surface area contributed by atoms with Crippen LogP contribution in [0.15, 0.2) is 29.2 Å². The molecule has 0 amide bonds. The van der Waals surface area contributed by atoms with Crippen LogP contribution in [0.25, 0.3) is 0 Å². The Morgan fingerprint density at radius 1 is 1.33 bits per heavy atom. The van der Waals surface area contributed by atoms with E-state index in [2.05, 4.69) is 13.8 Å². The SMILES string of the molecule is CC(C)COCCSc1ccc(CC(=O)O)cc1. The summed E-state index contributed by atoms with van der Waals surface area (Å²) in [6.07, 6.45) is 0.0858. The largest absolute Gasteiger partial charge is 0.481 e. The van der Waals surface area contributed by atoms with E-state index in [1.165, 1.54) is 0 Å². The highest BCUT2D eigenvalue weighted by molar-refractivity contribution is 7.99. The van der Waals surface area contributed by atoms with E-state index in [1.807, 2.05) is 24.3 Å². The lowest BCUT2D eigenvalue weighted by atomic mass is 10.2. The minimum Gasteiger partial charge on any atom is -0.481 e. The summed E-state index contributed by atoms with van der Waals surface area (Å²) >= 11 is 1.73. The molecule has 0 radical (unpaired) electrons. The predicted octanol–water partition coefficient (Wildman–Crippen LogP) is 3.08. The van der Waals surface area contributed by atoms with E-state index in [-0.39, 0.29) is 6.42 Å². The molecule has 18 heavy (non-hydrogen) atoms. The lowest BCUT2D eigenvalue weighted by Crippen LogP contribution is -2.04. The molecular weight excluding hydrogens is 248 g/mol. The summed E-state index contributed by atoms with van der Waals surface area (Å²) in [7, 11) is 0. The van der Waals surface area contributed by atoms with Crippen LogP contribution < -0.4 is 0 Å². The van der Waals surface area contributed by atoms with Gasteiger partial charge >= 0.3 is 5.97 Å². The van der Waals surface area contributed by atoms with Crippen LogP contribution in [0.4, 0.5) is 0 Å². The third kappa shape index (κ3) is 6.67. The molecule has 0 atom stereocenters. The zero-order chi connectivity index (χ0) is 13.4. The Balaban J connectivity index is 2.24. The Bertz CT molecular complexity index is 360. The number of benzene rings is 1. The maximum Gasteiger partial charge on any atom is 0.307 e. The summed E-state index contributed by atoms with van der Waals surface area (Å²) in [5.74, 6) is 0.702. The van der Waals surface area contributed by atoms with Crippen molar-refractivity contribution >= 4 is 17.7 Å². The molecule has 0 aliphatic heterocycles. The lowest BCUT2D eigenvalue weighted by molar-refractivity contribution is -0.136.